The van der Waals surface area contributed by atoms with E-state index in [1.165, 1.54) is 0 Å². The van der Waals surface area contributed by atoms with Crippen LogP contribution in [-0.4, -0.2) is 120 Å². The lowest BCUT2D eigenvalue weighted by Crippen LogP contribution is -2.52. The third-order valence-corrected chi connectivity index (χ3v) is 16.1. The van der Waals surface area contributed by atoms with E-state index in [-0.39, 0.29) is 24.1 Å². The summed E-state index contributed by atoms with van der Waals surface area (Å²) in [6, 6.07) is 25.6. The molecule has 0 aliphatic carbocycles. The first kappa shape index (κ1) is 47.1. The molecule has 6 aromatic rings. The first-order chi connectivity index (χ1) is 33.8. The molecule has 1 atom stereocenters. The first-order valence-corrected chi connectivity index (χ1v) is 27.2. The summed E-state index contributed by atoms with van der Waals surface area (Å²) < 4.78 is 22.2. The van der Waals surface area contributed by atoms with Crippen LogP contribution in [-0.2, 0) is 27.7 Å². The van der Waals surface area contributed by atoms with Crippen LogP contribution in [0.3, 0.4) is 0 Å². The Morgan fingerprint density at radius 3 is 2.31 bits per heavy atom. The van der Waals surface area contributed by atoms with Crippen LogP contribution < -0.4 is 35.8 Å². The SMILES string of the molecule is COc1cc(N2CCC(CN3CCN(c4ccc5c(c4)CN([C@H]4CCC(=O)NC4=O)C5=O)CC3)CC2)c(-c2cnn(C)c2)cc1Nc1ncc(Br)c(Nc2ccc(-c3ccccc3)cc2P(C)(C)=O)n1. The zero-order valence-corrected chi connectivity index (χ0v) is 42.3. The van der Waals surface area contributed by atoms with Gasteiger partial charge in [0.1, 0.15) is 24.8 Å². The summed E-state index contributed by atoms with van der Waals surface area (Å²) in [5.41, 5.74) is 9.20. The molecule has 2 aromatic heterocycles. The minimum Gasteiger partial charge on any atom is -0.494 e. The third-order valence-electron chi connectivity index (χ3n) is 14.0. The van der Waals surface area contributed by atoms with Gasteiger partial charge >= 0.3 is 0 Å². The van der Waals surface area contributed by atoms with Gasteiger partial charge in [-0.1, -0.05) is 36.4 Å². The fourth-order valence-corrected chi connectivity index (χ4v) is 11.7. The van der Waals surface area contributed by atoms with E-state index in [0.717, 1.165) is 103 Å². The number of piperidine rings is 2. The zero-order valence-electron chi connectivity index (χ0n) is 39.8. The number of hydrogen-bond donors (Lipinski definition) is 3. The van der Waals surface area contributed by atoms with Crippen LogP contribution in [0, 0.1) is 5.92 Å². The van der Waals surface area contributed by atoms with E-state index in [2.05, 4.69) is 74.9 Å². The van der Waals surface area contributed by atoms with Crippen molar-refractivity contribution in [3.05, 3.63) is 113 Å². The molecule has 4 aliphatic rings. The van der Waals surface area contributed by atoms with Gasteiger partial charge in [-0.2, -0.15) is 10.1 Å². The topological polar surface area (TPSA) is 170 Å². The average molecular weight is 1030 g/mol. The van der Waals surface area contributed by atoms with Gasteiger partial charge in [0.2, 0.25) is 17.8 Å². The zero-order chi connectivity index (χ0) is 48.7. The van der Waals surface area contributed by atoms with Gasteiger partial charge in [0.25, 0.3) is 5.91 Å². The van der Waals surface area contributed by atoms with Crippen molar-refractivity contribution in [1.82, 2.24) is 34.9 Å². The van der Waals surface area contributed by atoms with E-state index in [0.29, 0.717) is 57.8 Å². The lowest BCUT2D eigenvalue weighted by molar-refractivity contribution is -0.136. The molecule has 3 amide bonds. The Morgan fingerprint density at radius 2 is 1.60 bits per heavy atom. The van der Waals surface area contributed by atoms with E-state index in [1.54, 1.807) is 31.5 Å². The van der Waals surface area contributed by atoms with Crippen LogP contribution >= 0.6 is 23.1 Å². The van der Waals surface area contributed by atoms with Crippen molar-refractivity contribution in [3.8, 4) is 28.0 Å². The lowest BCUT2D eigenvalue weighted by Gasteiger charge is -2.40. The number of nitrogens with one attached hydrogen (secondary N) is 3. The van der Waals surface area contributed by atoms with E-state index < -0.39 is 13.2 Å². The van der Waals surface area contributed by atoms with E-state index in [4.69, 9.17) is 9.72 Å². The number of rotatable bonds is 13. The lowest BCUT2D eigenvalue weighted by atomic mass is 9.94. The Bertz CT molecular complexity index is 3020. The number of aryl methyl sites for hydroxylation is 1. The number of benzene rings is 4. The highest BCUT2D eigenvalue weighted by atomic mass is 79.9. The summed E-state index contributed by atoms with van der Waals surface area (Å²) in [6.45, 7) is 10.5. The highest BCUT2D eigenvalue weighted by Gasteiger charge is 2.39. The summed E-state index contributed by atoms with van der Waals surface area (Å²) in [7, 11) is 0.889. The van der Waals surface area contributed by atoms with Crippen LogP contribution in [0.1, 0.15) is 41.6 Å². The summed E-state index contributed by atoms with van der Waals surface area (Å²) in [5, 5.41) is 14.5. The van der Waals surface area contributed by atoms with Crippen molar-refractivity contribution >= 4 is 80.6 Å². The molecule has 0 saturated carbocycles. The van der Waals surface area contributed by atoms with Crippen molar-refractivity contribution in [3.63, 3.8) is 0 Å². The van der Waals surface area contributed by atoms with E-state index >= 15 is 0 Å². The maximum absolute atomic E-state index is 13.7. The summed E-state index contributed by atoms with van der Waals surface area (Å²) in [6.07, 6.45) is 8.32. The normalized spacial score (nSPS) is 18.0. The Labute approximate surface area is 416 Å². The number of fused-ring (bicyclic) bond motifs is 1. The van der Waals surface area contributed by atoms with Gasteiger partial charge < -0.3 is 34.6 Å². The summed E-state index contributed by atoms with van der Waals surface area (Å²) >= 11 is 3.64. The Morgan fingerprint density at radius 1 is 0.814 bits per heavy atom. The standard InChI is InChI=1S/C52H57BrN11O5P/c1-60-31-37(28-55-60)40-26-43(57-52-54-29-41(53)49(59-52)56-42-13-10-35(25-47(42)70(3,4)68)34-8-6-5-7-9-34)46(69-2)27-45(40)63-18-16-33(17-19-63)30-61-20-22-62(23-21-61)38-11-12-39-36(24-38)32-64(51(39)67)44-14-15-48(65)58-50(44)66/h5-13,24-29,31,33,44H,14-23,30,32H2,1-4H3,(H,58,65,66)(H2,54,56,57,59)/t44-/m0/s1. The molecule has 3 saturated heterocycles. The molecule has 0 spiro atoms. The quantitative estimate of drug-likeness (QED) is 0.0756. The van der Waals surface area contributed by atoms with Crippen LogP contribution in [0.5, 0.6) is 5.75 Å². The monoisotopic (exact) mass is 1030 g/mol. The van der Waals surface area contributed by atoms with Crippen LogP contribution in [0.15, 0.2) is 102 Å². The number of methoxy groups -OCH3 is 1. The Kier molecular flexibility index (Phi) is 13.3. The number of nitrogens with zero attached hydrogens (tertiary/aromatic N) is 8. The molecule has 0 unspecified atom stereocenters. The van der Waals surface area contributed by atoms with Gasteiger partial charge in [0.05, 0.1) is 29.2 Å². The summed E-state index contributed by atoms with van der Waals surface area (Å²) in [4.78, 5) is 56.1. The third kappa shape index (κ3) is 9.92. The van der Waals surface area contributed by atoms with Gasteiger partial charge in [-0.25, -0.2) is 4.98 Å². The van der Waals surface area contributed by atoms with Crippen LogP contribution in [0.4, 0.5) is 34.5 Å². The first-order valence-electron chi connectivity index (χ1n) is 23.8. The Balaban J connectivity index is 0.793. The predicted molar refractivity (Wildman–Crippen MR) is 279 cm³/mol. The predicted octanol–water partition coefficient (Wildman–Crippen LogP) is 7.85. The molecule has 16 nitrogen and oxygen atoms in total. The number of imide groups is 1. The maximum Gasteiger partial charge on any atom is 0.255 e. The van der Waals surface area contributed by atoms with Crippen molar-refractivity contribution in [2.75, 3.05) is 86.7 Å². The number of ether oxygens (including phenoxy) is 1. The fraction of sp³-hybridized carbons (Fsp3) is 0.346. The molecule has 4 aromatic carbocycles. The highest BCUT2D eigenvalue weighted by Crippen LogP contribution is 2.43. The molecule has 0 radical (unpaired) electrons. The van der Waals surface area contributed by atoms with E-state index in [9.17, 15) is 18.9 Å². The molecule has 3 fully saturated rings. The number of anilines is 6. The molecular weight excluding hydrogens is 970 g/mol. The fourth-order valence-electron chi connectivity index (χ4n) is 10.2. The number of hydrogen-bond acceptors (Lipinski definition) is 13. The molecule has 4 aliphatic heterocycles. The second-order valence-corrected chi connectivity index (χ2v) is 23.1. The van der Waals surface area contributed by atoms with Gasteiger partial charge in [0.15, 0.2) is 0 Å². The number of piperazine rings is 1. The molecule has 18 heteroatoms. The highest BCUT2D eigenvalue weighted by molar-refractivity contribution is 9.10. The molecule has 362 valence electrons. The second kappa shape index (κ2) is 19.7. The average Bonchev–Trinajstić information content (AvgIpc) is 3.94. The number of carbonyl (C=O) groups is 3. The minimum absolute atomic E-state index is 0.145. The van der Waals surface area contributed by atoms with Gasteiger partial charge in [-0.3, -0.25) is 29.3 Å². The van der Waals surface area contributed by atoms with Gasteiger partial charge in [-0.15, -0.1) is 0 Å². The molecule has 70 heavy (non-hydrogen) atoms. The van der Waals surface area contributed by atoms with Crippen molar-refractivity contribution in [2.24, 2.45) is 13.0 Å². The Hall–Kier alpha value is -6.55. The minimum atomic E-state index is -2.71. The van der Waals surface area contributed by atoms with Crippen LogP contribution in [0.25, 0.3) is 22.3 Å². The molecular formula is C52H57BrN11O5P. The van der Waals surface area contributed by atoms with Crippen LogP contribution in [0.2, 0.25) is 0 Å². The largest absolute Gasteiger partial charge is 0.494 e. The summed E-state index contributed by atoms with van der Waals surface area (Å²) in [5.74, 6) is 1.28. The second-order valence-electron chi connectivity index (χ2n) is 19.0. The molecule has 6 heterocycles. The smallest absolute Gasteiger partial charge is 0.255 e. The maximum atomic E-state index is 13.7. The molecule has 0 bridgehead atoms. The molecule has 10 rings (SSSR count). The van der Waals surface area contributed by atoms with Crippen molar-refractivity contribution in [1.29, 1.82) is 0 Å². The number of halogens is 1. The van der Waals surface area contributed by atoms with E-state index in [1.807, 2.05) is 84.8 Å². The van der Waals surface area contributed by atoms with Crippen molar-refractivity contribution < 1.29 is 23.7 Å². The van der Waals surface area contributed by atoms with Gasteiger partial charge in [-0.05, 0) is 108 Å². The van der Waals surface area contributed by atoms with Gasteiger partial charge in [0, 0.05) is 118 Å². The van der Waals surface area contributed by atoms with Crippen molar-refractivity contribution in [2.45, 2.75) is 38.3 Å². The number of amides is 3. The number of carbonyl (C=O) groups excluding carboxylic acids is 3. The number of aromatic nitrogens is 4. The molecule has 3 N–H and O–H groups in total.